The number of nitrogens with one attached hydrogen (secondary N) is 1. The number of ether oxygens (including phenoxy) is 4. The highest BCUT2D eigenvalue weighted by molar-refractivity contribution is 9.10. The fourth-order valence-corrected chi connectivity index (χ4v) is 3.62. The maximum absolute atomic E-state index is 13.4. The first-order chi connectivity index (χ1) is 16.9. The number of hydrogen-bond acceptors (Lipinski definition) is 6. The van der Waals surface area contributed by atoms with Gasteiger partial charge in [-0.25, -0.2) is 9.82 Å². The van der Waals surface area contributed by atoms with Gasteiger partial charge in [0.25, 0.3) is 5.91 Å². The minimum Gasteiger partial charge on any atom is -0.493 e. The second-order valence-corrected chi connectivity index (χ2v) is 7.97. The SMILES string of the molecule is C=CCOc1ccc(C(=O)N/N=C/c2cc(Br)c(OCc3cccc(F)c3)c(OC)c2)cc1OC. The van der Waals surface area contributed by atoms with E-state index in [1.807, 2.05) is 0 Å². The highest BCUT2D eigenvalue weighted by Gasteiger charge is 2.13. The van der Waals surface area contributed by atoms with Crippen molar-refractivity contribution >= 4 is 28.1 Å². The van der Waals surface area contributed by atoms with E-state index in [-0.39, 0.29) is 12.4 Å². The Hall–Kier alpha value is -3.85. The molecule has 0 atom stereocenters. The van der Waals surface area contributed by atoms with Crippen molar-refractivity contribution in [2.24, 2.45) is 5.10 Å². The number of carbonyl (C=O) groups is 1. The maximum Gasteiger partial charge on any atom is 0.271 e. The monoisotopic (exact) mass is 542 g/mol. The molecule has 35 heavy (non-hydrogen) atoms. The Balaban J connectivity index is 1.68. The molecular formula is C26H24BrFN2O5. The number of carbonyl (C=O) groups excluding carboxylic acids is 1. The lowest BCUT2D eigenvalue weighted by Crippen LogP contribution is -2.17. The van der Waals surface area contributed by atoms with Crippen LogP contribution in [0.4, 0.5) is 4.39 Å². The summed E-state index contributed by atoms with van der Waals surface area (Å²) in [5.74, 6) is 1.08. The van der Waals surface area contributed by atoms with E-state index in [9.17, 15) is 9.18 Å². The molecule has 3 rings (SSSR count). The van der Waals surface area contributed by atoms with E-state index in [4.69, 9.17) is 18.9 Å². The molecule has 182 valence electrons. The largest absolute Gasteiger partial charge is 0.493 e. The van der Waals surface area contributed by atoms with E-state index in [2.05, 4.69) is 33.0 Å². The van der Waals surface area contributed by atoms with Gasteiger partial charge in [-0.05, 0) is 69.5 Å². The average molecular weight is 543 g/mol. The normalized spacial score (nSPS) is 10.6. The zero-order valence-corrected chi connectivity index (χ0v) is 20.8. The summed E-state index contributed by atoms with van der Waals surface area (Å²) >= 11 is 3.46. The molecule has 0 aromatic heterocycles. The van der Waals surface area contributed by atoms with E-state index in [0.717, 1.165) is 0 Å². The highest BCUT2D eigenvalue weighted by atomic mass is 79.9. The molecule has 1 N–H and O–H groups in total. The van der Waals surface area contributed by atoms with E-state index < -0.39 is 5.91 Å². The molecular weight excluding hydrogens is 519 g/mol. The molecule has 0 saturated carbocycles. The van der Waals surface area contributed by atoms with Crippen LogP contribution in [0.5, 0.6) is 23.0 Å². The van der Waals surface area contributed by atoms with Gasteiger partial charge in [-0.15, -0.1) is 0 Å². The first kappa shape index (κ1) is 25.8. The van der Waals surface area contributed by atoms with Crippen molar-refractivity contribution in [2.75, 3.05) is 20.8 Å². The van der Waals surface area contributed by atoms with Crippen LogP contribution in [0, 0.1) is 5.82 Å². The van der Waals surface area contributed by atoms with Gasteiger partial charge >= 0.3 is 0 Å². The molecule has 0 heterocycles. The Kier molecular flexibility index (Phi) is 9.25. The van der Waals surface area contributed by atoms with Crippen molar-refractivity contribution in [3.8, 4) is 23.0 Å². The topological polar surface area (TPSA) is 78.4 Å². The molecule has 0 aliphatic carbocycles. The van der Waals surface area contributed by atoms with Gasteiger partial charge in [0.15, 0.2) is 23.0 Å². The predicted molar refractivity (Wildman–Crippen MR) is 135 cm³/mol. The van der Waals surface area contributed by atoms with E-state index in [0.29, 0.717) is 50.8 Å². The molecule has 3 aromatic carbocycles. The molecule has 0 unspecified atom stereocenters. The Bertz CT molecular complexity index is 1230. The molecule has 0 saturated heterocycles. The summed E-state index contributed by atoms with van der Waals surface area (Å²) < 4.78 is 36.1. The quantitative estimate of drug-likeness (QED) is 0.196. The predicted octanol–water partition coefficient (Wildman–Crippen LogP) is 5.51. The second kappa shape index (κ2) is 12.6. The standard InChI is InChI=1S/C26H24BrFN2O5/c1-4-10-34-22-9-8-19(14-23(22)32-2)26(31)30-29-15-18-12-21(27)25(24(13-18)33-3)35-16-17-6-5-7-20(28)11-17/h4-9,11-15H,1,10,16H2,2-3H3,(H,30,31)/b29-15+. The lowest BCUT2D eigenvalue weighted by molar-refractivity contribution is 0.0954. The van der Waals surface area contributed by atoms with Crippen LogP contribution in [0.15, 0.2) is 76.8 Å². The van der Waals surface area contributed by atoms with E-state index in [1.165, 1.54) is 32.6 Å². The fourth-order valence-electron chi connectivity index (χ4n) is 3.04. The van der Waals surface area contributed by atoms with Gasteiger partial charge in [-0.2, -0.15) is 5.10 Å². The first-order valence-corrected chi connectivity index (χ1v) is 11.2. The summed E-state index contributed by atoms with van der Waals surface area (Å²) in [5, 5.41) is 4.03. The average Bonchev–Trinajstić information content (AvgIpc) is 2.86. The van der Waals surface area contributed by atoms with E-state index >= 15 is 0 Å². The molecule has 0 aliphatic rings. The lowest BCUT2D eigenvalue weighted by Gasteiger charge is -2.13. The van der Waals surface area contributed by atoms with Crippen LogP contribution in [0.25, 0.3) is 0 Å². The van der Waals surface area contributed by atoms with Crippen molar-refractivity contribution in [1.82, 2.24) is 5.43 Å². The Morgan fingerprint density at radius 3 is 2.57 bits per heavy atom. The van der Waals surface area contributed by atoms with Crippen LogP contribution in [-0.4, -0.2) is 32.9 Å². The molecule has 0 fully saturated rings. The summed E-state index contributed by atoms with van der Waals surface area (Å²) in [5.41, 5.74) is 4.17. The van der Waals surface area contributed by atoms with Crippen LogP contribution >= 0.6 is 15.9 Å². The van der Waals surface area contributed by atoms with Crippen LogP contribution < -0.4 is 24.4 Å². The third kappa shape index (κ3) is 7.07. The van der Waals surface area contributed by atoms with Crippen molar-refractivity contribution in [2.45, 2.75) is 6.61 Å². The summed E-state index contributed by atoms with van der Waals surface area (Å²) in [6, 6.07) is 14.4. The molecule has 0 radical (unpaired) electrons. The first-order valence-electron chi connectivity index (χ1n) is 10.4. The summed E-state index contributed by atoms with van der Waals surface area (Å²) in [4.78, 5) is 12.5. The maximum atomic E-state index is 13.4. The Labute approximate surface area is 211 Å². The van der Waals surface area contributed by atoms with Gasteiger partial charge in [0, 0.05) is 5.56 Å². The van der Waals surface area contributed by atoms with Gasteiger partial charge in [0.2, 0.25) is 0 Å². The van der Waals surface area contributed by atoms with Gasteiger partial charge in [0.05, 0.1) is 24.9 Å². The highest BCUT2D eigenvalue weighted by Crippen LogP contribution is 2.37. The molecule has 0 aliphatic heterocycles. The van der Waals surface area contributed by atoms with Crippen molar-refractivity contribution < 1.29 is 28.1 Å². The molecule has 0 spiro atoms. The zero-order valence-electron chi connectivity index (χ0n) is 19.2. The van der Waals surface area contributed by atoms with Gasteiger partial charge in [-0.1, -0.05) is 24.8 Å². The van der Waals surface area contributed by atoms with Crippen molar-refractivity contribution in [1.29, 1.82) is 0 Å². The minimum atomic E-state index is -0.420. The smallest absolute Gasteiger partial charge is 0.271 e. The number of halogens is 2. The molecule has 7 nitrogen and oxygen atoms in total. The minimum absolute atomic E-state index is 0.164. The fraction of sp³-hybridized carbons (Fsp3) is 0.154. The molecule has 3 aromatic rings. The zero-order chi connectivity index (χ0) is 25.2. The molecule has 0 bridgehead atoms. The van der Waals surface area contributed by atoms with Crippen LogP contribution in [0.3, 0.4) is 0 Å². The number of nitrogens with zero attached hydrogens (tertiary/aromatic N) is 1. The Morgan fingerprint density at radius 1 is 1.06 bits per heavy atom. The molecule has 9 heteroatoms. The van der Waals surface area contributed by atoms with Crippen LogP contribution in [0.1, 0.15) is 21.5 Å². The number of hydrazone groups is 1. The van der Waals surface area contributed by atoms with Gasteiger partial charge in [0.1, 0.15) is 19.0 Å². The summed E-state index contributed by atoms with van der Waals surface area (Å²) in [6.07, 6.45) is 3.09. The van der Waals surface area contributed by atoms with Crippen LogP contribution in [0.2, 0.25) is 0 Å². The lowest BCUT2D eigenvalue weighted by atomic mass is 10.2. The number of hydrogen-bond donors (Lipinski definition) is 1. The third-order valence-electron chi connectivity index (χ3n) is 4.69. The number of rotatable bonds is 11. The van der Waals surface area contributed by atoms with Gasteiger partial charge in [-0.3, -0.25) is 4.79 Å². The van der Waals surface area contributed by atoms with Gasteiger partial charge < -0.3 is 18.9 Å². The van der Waals surface area contributed by atoms with Crippen molar-refractivity contribution in [3.63, 3.8) is 0 Å². The summed E-state index contributed by atoms with van der Waals surface area (Å²) in [7, 11) is 3.00. The van der Waals surface area contributed by atoms with E-state index in [1.54, 1.807) is 48.5 Å². The molecule has 1 amide bonds. The summed E-state index contributed by atoms with van der Waals surface area (Å²) in [6.45, 7) is 4.09. The third-order valence-corrected chi connectivity index (χ3v) is 5.28. The van der Waals surface area contributed by atoms with Crippen molar-refractivity contribution in [3.05, 3.63) is 94.2 Å². The van der Waals surface area contributed by atoms with Crippen LogP contribution in [-0.2, 0) is 6.61 Å². The Morgan fingerprint density at radius 2 is 1.86 bits per heavy atom. The number of amides is 1. The number of benzene rings is 3. The number of methoxy groups -OCH3 is 2. The second-order valence-electron chi connectivity index (χ2n) is 7.12.